The summed E-state index contributed by atoms with van der Waals surface area (Å²) in [6, 6.07) is 14.2. The summed E-state index contributed by atoms with van der Waals surface area (Å²) in [6.45, 7) is 0.285. The topological polar surface area (TPSA) is 59.1 Å². The predicted octanol–water partition coefficient (Wildman–Crippen LogP) is 3.47. The minimum absolute atomic E-state index is 0.0981. The van der Waals surface area contributed by atoms with Crippen LogP contribution in [0, 0.1) is 0 Å². The number of nitrogens with zero attached hydrogens (tertiary/aromatic N) is 1. The molecule has 0 aliphatic heterocycles. The van der Waals surface area contributed by atoms with Gasteiger partial charge in [0.15, 0.2) is 0 Å². The molecule has 0 radical (unpaired) electrons. The number of rotatable bonds is 5. The van der Waals surface area contributed by atoms with Crippen molar-refractivity contribution in [2.24, 2.45) is 0 Å². The molecule has 3 aromatic rings. The number of benzene rings is 2. The quantitative estimate of drug-likeness (QED) is 0.764. The van der Waals surface area contributed by atoms with Gasteiger partial charge in [-0.25, -0.2) is 18.1 Å². The number of nitrogens with one attached hydrogen (secondary N) is 1. The Labute approximate surface area is 137 Å². The lowest BCUT2D eigenvalue weighted by atomic mass is 10.3. The van der Waals surface area contributed by atoms with E-state index in [4.69, 9.17) is 11.6 Å². The molecule has 0 unspecified atom stereocenters. The van der Waals surface area contributed by atoms with Gasteiger partial charge in [-0.2, -0.15) is 0 Å². The van der Waals surface area contributed by atoms with Gasteiger partial charge in [0.05, 0.1) is 20.2 Å². The van der Waals surface area contributed by atoms with Gasteiger partial charge in [0.2, 0.25) is 10.0 Å². The summed E-state index contributed by atoms with van der Waals surface area (Å²) >= 11 is 7.50. The summed E-state index contributed by atoms with van der Waals surface area (Å²) in [4.78, 5) is 4.58. The Hall–Kier alpha value is -1.47. The second-order valence-electron chi connectivity index (χ2n) is 4.65. The lowest BCUT2D eigenvalue weighted by Crippen LogP contribution is -2.26. The van der Waals surface area contributed by atoms with E-state index in [1.165, 1.54) is 6.07 Å². The average Bonchev–Trinajstić information content (AvgIpc) is 2.90. The van der Waals surface area contributed by atoms with Crippen LogP contribution in [0.4, 0.5) is 0 Å². The highest BCUT2D eigenvalue weighted by atomic mass is 35.5. The maximum absolute atomic E-state index is 12.2. The summed E-state index contributed by atoms with van der Waals surface area (Å²) in [5.41, 5.74) is 0.941. The number of fused-ring (bicyclic) bond motifs is 1. The van der Waals surface area contributed by atoms with Crippen LogP contribution in [-0.4, -0.2) is 19.9 Å². The lowest BCUT2D eigenvalue weighted by molar-refractivity contribution is 0.581. The first-order valence-corrected chi connectivity index (χ1v) is 9.33. The van der Waals surface area contributed by atoms with E-state index in [1.54, 1.807) is 29.5 Å². The van der Waals surface area contributed by atoms with Crippen LogP contribution in [0.15, 0.2) is 53.4 Å². The second kappa shape index (κ2) is 6.34. The fraction of sp³-hybridized carbons (Fsp3) is 0.133. The minimum atomic E-state index is -3.60. The van der Waals surface area contributed by atoms with E-state index >= 15 is 0 Å². The van der Waals surface area contributed by atoms with Crippen molar-refractivity contribution in [1.82, 2.24) is 9.71 Å². The first-order chi connectivity index (χ1) is 10.6. The standard InChI is InChI=1S/C15H13ClN2O2S2/c16-11-5-1-4-8-14(11)22(19,20)17-10-9-15-18-12-6-2-3-7-13(12)21-15/h1-8,17H,9-10H2. The van der Waals surface area contributed by atoms with Gasteiger partial charge in [-0.05, 0) is 24.3 Å². The van der Waals surface area contributed by atoms with Gasteiger partial charge in [0.25, 0.3) is 0 Å². The highest BCUT2D eigenvalue weighted by Gasteiger charge is 2.16. The molecular formula is C15H13ClN2O2S2. The summed E-state index contributed by atoms with van der Waals surface area (Å²) in [5.74, 6) is 0. The van der Waals surface area contributed by atoms with E-state index < -0.39 is 10.0 Å². The van der Waals surface area contributed by atoms with Gasteiger partial charge in [0.1, 0.15) is 4.90 Å². The van der Waals surface area contributed by atoms with Crippen LogP contribution in [0.2, 0.25) is 5.02 Å². The Morgan fingerprint density at radius 2 is 1.82 bits per heavy atom. The normalized spacial score (nSPS) is 11.9. The monoisotopic (exact) mass is 352 g/mol. The Bertz CT molecular complexity index is 874. The SMILES string of the molecule is O=S(=O)(NCCc1nc2ccccc2s1)c1ccccc1Cl. The van der Waals surface area contributed by atoms with E-state index in [1.807, 2.05) is 24.3 Å². The highest BCUT2D eigenvalue weighted by Crippen LogP contribution is 2.22. The maximum Gasteiger partial charge on any atom is 0.242 e. The van der Waals surface area contributed by atoms with Crippen LogP contribution in [0.3, 0.4) is 0 Å². The number of hydrogen-bond acceptors (Lipinski definition) is 4. The maximum atomic E-state index is 12.2. The van der Waals surface area contributed by atoms with Gasteiger partial charge in [0, 0.05) is 13.0 Å². The van der Waals surface area contributed by atoms with Crippen molar-refractivity contribution in [2.45, 2.75) is 11.3 Å². The molecule has 0 fully saturated rings. The van der Waals surface area contributed by atoms with Crippen LogP contribution in [0.1, 0.15) is 5.01 Å². The predicted molar refractivity (Wildman–Crippen MR) is 90.0 cm³/mol. The zero-order valence-electron chi connectivity index (χ0n) is 11.5. The molecule has 0 bridgehead atoms. The zero-order valence-corrected chi connectivity index (χ0v) is 13.9. The van der Waals surface area contributed by atoms with Crippen LogP contribution < -0.4 is 4.72 Å². The zero-order chi connectivity index (χ0) is 15.6. The van der Waals surface area contributed by atoms with Crippen LogP contribution in [0.25, 0.3) is 10.2 Å². The van der Waals surface area contributed by atoms with E-state index in [0.717, 1.165) is 15.2 Å². The molecule has 0 saturated carbocycles. The van der Waals surface area contributed by atoms with Gasteiger partial charge < -0.3 is 0 Å². The lowest BCUT2D eigenvalue weighted by Gasteiger charge is -2.07. The van der Waals surface area contributed by atoms with Crippen molar-refractivity contribution in [3.63, 3.8) is 0 Å². The smallest absolute Gasteiger partial charge is 0.241 e. The van der Waals surface area contributed by atoms with Crippen molar-refractivity contribution in [3.05, 3.63) is 58.6 Å². The average molecular weight is 353 g/mol. The molecule has 1 heterocycles. The molecule has 7 heteroatoms. The number of thiazole rings is 1. The highest BCUT2D eigenvalue weighted by molar-refractivity contribution is 7.89. The molecule has 2 aromatic carbocycles. The summed E-state index contributed by atoms with van der Waals surface area (Å²) in [5, 5.41) is 1.12. The third-order valence-corrected chi connectivity index (χ3v) is 6.15. The van der Waals surface area contributed by atoms with Crippen LogP contribution in [-0.2, 0) is 16.4 Å². The molecule has 0 aliphatic rings. The van der Waals surface area contributed by atoms with E-state index in [9.17, 15) is 8.42 Å². The molecule has 114 valence electrons. The van der Waals surface area contributed by atoms with E-state index in [2.05, 4.69) is 9.71 Å². The van der Waals surface area contributed by atoms with Crippen molar-refractivity contribution < 1.29 is 8.42 Å². The Morgan fingerprint density at radius 1 is 1.09 bits per heavy atom. The first-order valence-electron chi connectivity index (χ1n) is 6.65. The number of para-hydroxylation sites is 1. The Balaban J connectivity index is 1.69. The minimum Gasteiger partial charge on any atom is -0.241 e. The van der Waals surface area contributed by atoms with Crippen molar-refractivity contribution in [1.29, 1.82) is 0 Å². The van der Waals surface area contributed by atoms with Crippen molar-refractivity contribution >= 4 is 43.2 Å². The largest absolute Gasteiger partial charge is 0.242 e. The number of hydrogen-bond donors (Lipinski definition) is 1. The van der Waals surface area contributed by atoms with Gasteiger partial charge in [-0.3, -0.25) is 0 Å². The van der Waals surface area contributed by atoms with E-state index in [-0.39, 0.29) is 16.5 Å². The second-order valence-corrected chi connectivity index (χ2v) is 7.91. The molecule has 0 aliphatic carbocycles. The number of sulfonamides is 1. The molecule has 0 saturated heterocycles. The molecule has 0 spiro atoms. The molecular weight excluding hydrogens is 340 g/mol. The Morgan fingerprint density at radius 3 is 2.59 bits per heavy atom. The van der Waals surface area contributed by atoms with Gasteiger partial charge >= 0.3 is 0 Å². The number of aromatic nitrogens is 1. The van der Waals surface area contributed by atoms with Gasteiger partial charge in [-0.1, -0.05) is 35.9 Å². The molecule has 0 amide bonds. The molecule has 1 aromatic heterocycles. The molecule has 22 heavy (non-hydrogen) atoms. The fourth-order valence-electron chi connectivity index (χ4n) is 2.06. The van der Waals surface area contributed by atoms with Crippen molar-refractivity contribution in [3.8, 4) is 0 Å². The Kier molecular flexibility index (Phi) is 4.44. The summed E-state index contributed by atoms with van der Waals surface area (Å²) in [7, 11) is -3.60. The van der Waals surface area contributed by atoms with Gasteiger partial charge in [-0.15, -0.1) is 11.3 Å². The molecule has 4 nitrogen and oxygen atoms in total. The van der Waals surface area contributed by atoms with Crippen LogP contribution in [0.5, 0.6) is 0 Å². The third kappa shape index (κ3) is 3.30. The number of halogens is 1. The molecule has 0 atom stereocenters. The summed E-state index contributed by atoms with van der Waals surface area (Å²) in [6.07, 6.45) is 0.545. The fourth-order valence-corrected chi connectivity index (χ4v) is 4.58. The molecule has 1 N–H and O–H groups in total. The van der Waals surface area contributed by atoms with Crippen LogP contribution >= 0.6 is 22.9 Å². The molecule has 3 rings (SSSR count). The third-order valence-electron chi connectivity index (χ3n) is 3.10. The first kappa shape index (κ1) is 15.4. The summed E-state index contributed by atoms with van der Waals surface area (Å²) < 4.78 is 28.1. The van der Waals surface area contributed by atoms with E-state index in [0.29, 0.717) is 6.42 Å². The van der Waals surface area contributed by atoms with Crippen molar-refractivity contribution in [2.75, 3.05) is 6.54 Å².